The Morgan fingerprint density at radius 1 is 1.14 bits per heavy atom. The number of carbonyl (C=O) groups is 4. The number of nitrogens with one attached hydrogen (secondary N) is 3. The Kier molecular flexibility index (Phi) is 7.35. The zero-order valence-electron chi connectivity index (χ0n) is 20.0. The number of aliphatic hydroxyl groups is 1. The third-order valence-electron chi connectivity index (χ3n) is 6.24. The van der Waals surface area contributed by atoms with Gasteiger partial charge in [0.25, 0.3) is 5.91 Å². The van der Waals surface area contributed by atoms with Crippen molar-refractivity contribution >= 4 is 40.1 Å². The van der Waals surface area contributed by atoms with Crippen molar-refractivity contribution in [3.63, 3.8) is 0 Å². The number of H-pyrrole nitrogens is 1. The number of rotatable bonds is 8. The van der Waals surface area contributed by atoms with Crippen LogP contribution < -0.4 is 15.4 Å². The average molecular weight is 493 g/mol. The van der Waals surface area contributed by atoms with Crippen LogP contribution in [0.3, 0.4) is 0 Å². The summed E-state index contributed by atoms with van der Waals surface area (Å²) in [6.45, 7) is 1.26. The number of aromatic nitrogens is 1. The van der Waals surface area contributed by atoms with Crippen molar-refractivity contribution in [1.82, 2.24) is 15.2 Å². The van der Waals surface area contributed by atoms with Gasteiger partial charge in [-0.1, -0.05) is 30.3 Å². The third-order valence-corrected chi connectivity index (χ3v) is 6.24. The Morgan fingerprint density at radius 3 is 2.61 bits per heavy atom. The summed E-state index contributed by atoms with van der Waals surface area (Å²) in [6.07, 6.45) is 0.412. The molecule has 0 bridgehead atoms. The number of anilines is 1. The number of fused-ring (bicyclic) bond motifs is 1. The number of nitrogens with zero attached hydrogens (tertiary/aromatic N) is 1. The van der Waals surface area contributed by atoms with Crippen LogP contribution in [0.2, 0.25) is 0 Å². The maximum Gasteiger partial charge on any atom is 0.256 e. The molecule has 3 unspecified atom stereocenters. The van der Waals surface area contributed by atoms with Crippen molar-refractivity contribution in [3.8, 4) is 5.75 Å². The molecule has 2 aromatic carbocycles. The predicted octanol–water partition coefficient (Wildman–Crippen LogP) is 1.85. The van der Waals surface area contributed by atoms with Gasteiger partial charge in [-0.15, -0.1) is 0 Å². The first-order chi connectivity index (χ1) is 17.3. The molecule has 1 aliphatic rings. The molecule has 0 spiro atoms. The molecule has 1 aliphatic heterocycles. The van der Waals surface area contributed by atoms with Crippen LogP contribution in [-0.4, -0.2) is 70.3 Å². The highest BCUT2D eigenvalue weighted by Gasteiger charge is 2.40. The van der Waals surface area contributed by atoms with Crippen molar-refractivity contribution in [2.24, 2.45) is 0 Å². The van der Waals surface area contributed by atoms with E-state index in [4.69, 9.17) is 4.74 Å². The number of benzene rings is 2. The normalized spacial score (nSPS) is 18.0. The topological polar surface area (TPSA) is 141 Å². The van der Waals surface area contributed by atoms with Crippen molar-refractivity contribution in [2.75, 3.05) is 19.0 Å². The number of amides is 3. The fourth-order valence-corrected chi connectivity index (χ4v) is 4.39. The Balaban J connectivity index is 1.46. The third kappa shape index (κ3) is 5.23. The molecule has 4 N–H and O–H groups in total. The molecule has 3 amide bonds. The summed E-state index contributed by atoms with van der Waals surface area (Å²) in [5, 5.41) is 16.2. The van der Waals surface area contributed by atoms with Crippen LogP contribution in [-0.2, 0) is 14.4 Å². The lowest BCUT2D eigenvalue weighted by atomic mass is 10.1. The molecule has 3 atom stereocenters. The van der Waals surface area contributed by atoms with Crippen LogP contribution in [0.15, 0.2) is 54.7 Å². The number of ketones is 1. The second-order valence-corrected chi connectivity index (χ2v) is 8.74. The van der Waals surface area contributed by atoms with E-state index in [1.54, 1.807) is 36.5 Å². The molecule has 188 valence electrons. The van der Waals surface area contributed by atoms with E-state index in [2.05, 4.69) is 15.6 Å². The summed E-state index contributed by atoms with van der Waals surface area (Å²) in [6, 6.07) is 12.0. The van der Waals surface area contributed by atoms with E-state index >= 15 is 0 Å². The first-order valence-corrected chi connectivity index (χ1v) is 11.6. The van der Waals surface area contributed by atoms with Crippen molar-refractivity contribution < 1.29 is 29.0 Å². The van der Waals surface area contributed by atoms with Crippen LogP contribution >= 0.6 is 0 Å². The van der Waals surface area contributed by atoms with E-state index < -0.39 is 41.7 Å². The molecule has 3 aromatic rings. The zero-order chi connectivity index (χ0) is 25.8. The van der Waals surface area contributed by atoms with Gasteiger partial charge in [-0.05, 0) is 25.1 Å². The van der Waals surface area contributed by atoms with Gasteiger partial charge in [0, 0.05) is 30.1 Å². The minimum Gasteiger partial charge on any atom is -0.495 e. The number of aliphatic hydroxyl groups excluding tert-OH is 1. The van der Waals surface area contributed by atoms with Crippen LogP contribution in [0.5, 0.6) is 5.75 Å². The molecule has 1 aromatic heterocycles. The second kappa shape index (κ2) is 10.6. The van der Waals surface area contributed by atoms with Crippen molar-refractivity contribution in [2.45, 2.75) is 38.0 Å². The number of ether oxygens (including phenoxy) is 1. The van der Waals surface area contributed by atoms with E-state index in [1.165, 1.54) is 18.9 Å². The number of hydrogen-bond donors (Lipinski definition) is 4. The van der Waals surface area contributed by atoms with Crippen LogP contribution in [0.25, 0.3) is 10.9 Å². The number of carbonyl (C=O) groups excluding carboxylic acids is 4. The molecule has 10 nitrogen and oxygen atoms in total. The number of aromatic amines is 1. The fourth-order valence-electron chi connectivity index (χ4n) is 4.39. The molecular weight excluding hydrogens is 464 g/mol. The molecule has 0 aliphatic carbocycles. The summed E-state index contributed by atoms with van der Waals surface area (Å²) < 4.78 is 5.22. The lowest BCUT2D eigenvalue weighted by molar-refractivity contribution is -0.130. The Bertz CT molecular complexity index is 1300. The molecule has 0 radical (unpaired) electrons. The lowest BCUT2D eigenvalue weighted by Gasteiger charge is -2.25. The number of hydrogen-bond acceptors (Lipinski definition) is 6. The highest BCUT2D eigenvalue weighted by molar-refractivity contribution is 6.08. The number of Topliss-reactive ketones (excluding diaryl/α,β-unsaturated/α-hetero) is 1. The minimum atomic E-state index is -1.10. The highest BCUT2D eigenvalue weighted by atomic mass is 16.5. The average Bonchev–Trinajstić information content (AvgIpc) is 3.47. The maximum atomic E-state index is 13.3. The maximum absolute atomic E-state index is 13.3. The molecule has 4 rings (SSSR count). The lowest BCUT2D eigenvalue weighted by Crippen LogP contribution is -2.51. The highest BCUT2D eigenvalue weighted by Crippen LogP contribution is 2.26. The van der Waals surface area contributed by atoms with Gasteiger partial charge >= 0.3 is 0 Å². The van der Waals surface area contributed by atoms with E-state index in [1.807, 2.05) is 18.2 Å². The van der Waals surface area contributed by atoms with Gasteiger partial charge in [-0.3, -0.25) is 19.2 Å². The first kappa shape index (κ1) is 24.9. The van der Waals surface area contributed by atoms with Gasteiger partial charge in [-0.2, -0.15) is 0 Å². The molecule has 36 heavy (non-hydrogen) atoms. The van der Waals surface area contributed by atoms with E-state index in [0.717, 1.165) is 5.52 Å². The minimum absolute atomic E-state index is 0.0184. The Hall–Kier alpha value is -4.18. The summed E-state index contributed by atoms with van der Waals surface area (Å²) in [5.74, 6) is -1.45. The molecular formula is C26H28N4O6. The zero-order valence-corrected chi connectivity index (χ0v) is 20.0. The standard InChI is InChI=1S/C26H28N4O6/c1-15(31)21(12-24(33)28-20-9-5-6-10-23(20)36-2)29-25(34)22-11-16(32)14-30(22)26(35)18-13-27-19-8-4-3-7-17(18)19/h3-10,13,16,21-22,27,32H,11-12,14H2,1-2H3,(H,28,33)(H,29,34). The van der Waals surface area contributed by atoms with Gasteiger partial charge < -0.3 is 30.4 Å². The molecule has 10 heteroatoms. The summed E-state index contributed by atoms with van der Waals surface area (Å²) >= 11 is 0. The predicted molar refractivity (Wildman–Crippen MR) is 133 cm³/mol. The van der Waals surface area contributed by atoms with Gasteiger partial charge in [0.15, 0.2) is 5.78 Å². The summed E-state index contributed by atoms with van der Waals surface area (Å²) in [7, 11) is 1.48. The Morgan fingerprint density at radius 2 is 1.86 bits per heavy atom. The van der Waals surface area contributed by atoms with Crippen LogP contribution in [0, 0.1) is 0 Å². The molecule has 1 fully saturated rings. The van der Waals surface area contributed by atoms with Crippen LogP contribution in [0.1, 0.15) is 30.1 Å². The smallest absolute Gasteiger partial charge is 0.256 e. The second-order valence-electron chi connectivity index (χ2n) is 8.74. The van der Waals surface area contributed by atoms with E-state index in [0.29, 0.717) is 22.4 Å². The largest absolute Gasteiger partial charge is 0.495 e. The van der Waals surface area contributed by atoms with Gasteiger partial charge in [0.05, 0.1) is 36.9 Å². The first-order valence-electron chi connectivity index (χ1n) is 11.6. The summed E-state index contributed by atoms with van der Waals surface area (Å²) in [5.41, 5.74) is 1.60. The SMILES string of the molecule is COc1ccccc1NC(=O)CC(NC(=O)C1CC(O)CN1C(=O)c1c[nH]c2ccccc12)C(C)=O. The fraction of sp³-hybridized carbons (Fsp3) is 0.308. The molecule has 0 saturated carbocycles. The number of methoxy groups -OCH3 is 1. The quantitative estimate of drug-likeness (QED) is 0.378. The summed E-state index contributed by atoms with van der Waals surface area (Å²) in [4.78, 5) is 55.7. The van der Waals surface area contributed by atoms with Crippen molar-refractivity contribution in [1.29, 1.82) is 0 Å². The van der Waals surface area contributed by atoms with E-state index in [9.17, 15) is 24.3 Å². The van der Waals surface area contributed by atoms with Gasteiger partial charge in [-0.25, -0.2) is 0 Å². The molecule has 1 saturated heterocycles. The number of β-amino-alcohol motifs (C(OH)–C–C–N with tert-alkyl or cyclic N) is 1. The van der Waals surface area contributed by atoms with E-state index in [-0.39, 0.29) is 19.4 Å². The number of likely N-dealkylation sites (tertiary alicyclic amines) is 1. The number of para-hydroxylation sites is 3. The van der Waals surface area contributed by atoms with Crippen LogP contribution in [0.4, 0.5) is 5.69 Å². The van der Waals surface area contributed by atoms with Gasteiger partial charge in [0.2, 0.25) is 11.8 Å². The molecule has 2 heterocycles. The Labute approximate surface area is 207 Å². The monoisotopic (exact) mass is 492 g/mol. The van der Waals surface area contributed by atoms with Crippen molar-refractivity contribution in [3.05, 3.63) is 60.3 Å². The van der Waals surface area contributed by atoms with Gasteiger partial charge in [0.1, 0.15) is 11.8 Å².